The maximum absolute atomic E-state index is 13.2. The lowest BCUT2D eigenvalue weighted by Crippen LogP contribution is -2.33. The second-order valence-electron chi connectivity index (χ2n) is 8.48. The van der Waals surface area contributed by atoms with Crippen molar-refractivity contribution < 1.29 is 14.3 Å². The van der Waals surface area contributed by atoms with Gasteiger partial charge in [0.2, 0.25) is 5.88 Å². The van der Waals surface area contributed by atoms with E-state index >= 15 is 0 Å². The molecule has 1 unspecified atom stereocenters. The van der Waals surface area contributed by atoms with Crippen LogP contribution < -0.4 is 19.7 Å². The number of thiophene rings is 1. The van der Waals surface area contributed by atoms with Crippen LogP contribution in [0.4, 0.5) is 5.69 Å². The van der Waals surface area contributed by atoms with Crippen LogP contribution >= 0.6 is 11.3 Å². The second kappa shape index (κ2) is 10.9. The number of fused-ring (bicyclic) bond motifs is 1. The number of carbonyl (C=O) groups excluding carboxylic acids is 1. The summed E-state index contributed by atoms with van der Waals surface area (Å²) in [6.07, 6.45) is 2.52. The van der Waals surface area contributed by atoms with Gasteiger partial charge in [-0.25, -0.2) is 4.98 Å². The fraction of sp³-hybridized carbons (Fsp3) is 0.385. The third-order valence-corrected chi connectivity index (χ3v) is 7.10. The average Bonchev–Trinajstić information content (AvgIpc) is 3.25. The van der Waals surface area contributed by atoms with Gasteiger partial charge in [-0.2, -0.15) is 0 Å². The van der Waals surface area contributed by atoms with Gasteiger partial charge in [-0.15, -0.1) is 11.3 Å². The Bertz CT molecular complexity index is 1120. The summed E-state index contributed by atoms with van der Waals surface area (Å²) in [7, 11) is 5.52. The molecule has 8 heteroatoms. The Balaban J connectivity index is 1.46. The number of nitrogens with one attached hydrogen (secondary N) is 1. The molecule has 2 aromatic heterocycles. The van der Waals surface area contributed by atoms with Crippen molar-refractivity contribution >= 4 is 22.9 Å². The minimum Gasteiger partial charge on any atom is -0.485 e. The van der Waals surface area contributed by atoms with Crippen LogP contribution in [0.1, 0.15) is 38.2 Å². The lowest BCUT2D eigenvalue weighted by molar-refractivity contribution is 0.0754. The Labute approximate surface area is 205 Å². The predicted octanol–water partition coefficient (Wildman–Crippen LogP) is 4.28. The van der Waals surface area contributed by atoms with E-state index in [0.717, 1.165) is 36.5 Å². The lowest BCUT2D eigenvalue weighted by Gasteiger charge is -2.22. The number of benzene rings is 1. The fourth-order valence-corrected chi connectivity index (χ4v) is 4.99. The minimum absolute atomic E-state index is 0.0146. The number of likely N-dealkylation sites (N-methyl/N-ethyl adjacent to an activating group) is 1. The molecule has 180 valence electrons. The van der Waals surface area contributed by atoms with Crippen LogP contribution in [0.15, 0.2) is 48.7 Å². The molecule has 1 aliphatic rings. The molecule has 1 N–H and O–H groups in total. The Hall–Kier alpha value is -3.10. The number of nitrogens with zero attached hydrogens (tertiary/aromatic N) is 3. The molecule has 0 aliphatic carbocycles. The van der Waals surface area contributed by atoms with Crippen molar-refractivity contribution in [1.29, 1.82) is 0 Å². The zero-order valence-corrected chi connectivity index (χ0v) is 21.0. The summed E-state index contributed by atoms with van der Waals surface area (Å²) in [5.74, 6) is 1.32. The Morgan fingerprint density at radius 1 is 1.18 bits per heavy atom. The van der Waals surface area contributed by atoms with E-state index in [-0.39, 0.29) is 12.0 Å². The molecule has 34 heavy (non-hydrogen) atoms. The quantitative estimate of drug-likeness (QED) is 0.493. The van der Waals surface area contributed by atoms with Crippen LogP contribution in [0.2, 0.25) is 0 Å². The number of ether oxygens (including phenoxy) is 2. The smallest absolute Gasteiger partial charge is 0.257 e. The van der Waals surface area contributed by atoms with E-state index in [4.69, 9.17) is 9.47 Å². The molecule has 0 saturated carbocycles. The van der Waals surface area contributed by atoms with Crippen LogP contribution in [0.5, 0.6) is 11.6 Å². The molecule has 3 heterocycles. The number of methoxy groups -OCH3 is 1. The standard InChI is InChI=1S/C26H32N4O3S/c1-18-5-10-24(34-18)23(11-12-27-2)33-20-8-6-19(7-9-20)17-30-14-13-29(3)22-15-25(32-4)28-16-21(22)26(30)31/h5-10,15-16,23,27H,11-14,17H2,1-4H3. The van der Waals surface area contributed by atoms with Gasteiger partial charge in [0.25, 0.3) is 5.91 Å². The highest BCUT2D eigenvalue weighted by Crippen LogP contribution is 2.31. The minimum atomic E-state index is -0.0185. The molecular formula is C26H32N4O3S. The second-order valence-corrected chi connectivity index (χ2v) is 9.80. The fourth-order valence-electron chi connectivity index (χ4n) is 4.05. The molecule has 4 rings (SSSR count). The molecule has 0 spiro atoms. The maximum Gasteiger partial charge on any atom is 0.257 e. The largest absolute Gasteiger partial charge is 0.485 e. The van der Waals surface area contributed by atoms with Gasteiger partial charge in [0.05, 0.1) is 18.4 Å². The highest BCUT2D eigenvalue weighted by Gasteiger charge is 2.26. The van der Waals surface area contributed by atoms with E-state index in [1.54, 1.807) is 24.6 Å². The maximum atomic E-state index is 13.2. The van der Waals surface area contributed by atoms with Gasteiger partial charge in [-0.1, -0.05) is 12.1 Å². The summed E-state index contributed by atoms with van der Waals surface area (Å²) in [5, 5.41) is 3.21. The van der Waals surface area contributed by atoms with Crippen molar-refractivity contribution in [3.63, 3.8) is 0 Å². The monoisotopic (exact) mass is 480 g/mol. The van der Waals surface area contributed by atoms with E-state index in [1.807, 2.05) is 49.3 Å². The Morgan fingerprint density at radius 3 is 2.65 bits per heavy atom. The molecule has 1 atom stereocenters. The highest BCUT2D eigenvalue weighted by molar-refractivity contribution is 7.12. The van der Waals surface area contributed by atoms with Crippen LogP contribution in [-0.2, 0) is 6.54 Å². The first-order valence-electron chi connectivity index (χ1n) is 11.5. The van der Waals surface area contributed by atoms with Crippen molar-refractivity contribution in [1.82, 2.24) is 15.2 Å². The van der Waals surface area contributed by atoms with E-state index in [9.17, 15) is 4.79 Å². The number of rotatable bonds is 9. The van der Waals surface area contributed by atoms with Crippen LogP contribution in [0, 0.1) is 6.92 Å². The molecular weight excluding hydrogens is 448 g/mol. The third kappa shape index (κ3) is 5.51. The van der Waals surface area contributed by atoms with Crippen molar-refractivity contribution in [3.8, 4) is 11.6 Å². The summed E-state index contributed by atoms with van der Waals surface area (Å²) >= 11 is 1.78. The summed E-state index contributed by atoms with van der Waals surface area (Å²) < 4.78 is 11.6. The number of anilines is 1. The highest BCUT2D eigenvalue weighted by atomic mass is 32.1. The lowest BCUT2D eigenvalue weighted by atomic mass is 10.1. The first kappa shape index (κ1) is 24.0. The first-order valence-corrected chi connectivity index (χ1v) is 12.3. The van der Waals surface area contributed by atoms with Gasteiger partial charge in [-0.05, 0) is 50.3 Å². The molecule has 0 saturated heterocycles. The number of aromatic nitrogens is 1. The summed E-state index contributed by atoms with van der Waals surface area (Å²) in [6, 6.07) is 14.2. The number of pyridine rings is 1. The Kier molecular flexibility index (Phi) is 7.70. The number of hydrogen-bond acceptors (Lipinski definition) is 7. The SMILES string of the molecule is CNCCC(Oc1ccc(CN2CCN(C)c3cc(OC)ncc3C2=O)cc1)c1ccc(C)s1. The molecule has 0 radical (unpaired) electrons. The summed E-state index contributed by atoms with van der Waals surface area (Å²) in [6.45, 7) is 4.90. The number of carbonyl (C=O) groups is 1. The molecule has 1 amide bonds. The molecule has 1 aliphatic heterocycles. The number of aryl methyl sites for hydroxylation is 1. The molecule has 7 nitrogen and oxygen atoms in total. The molecule has 3 aromatic rings. The van der Waals surface area contributed by atoms with Gasteiger partial charge in [0.15, 0.2) is 0 Å². The first-order chi connectivity index (χ1) is 16.5. The number of amides is 1. The molecule has 0 bridgehead atoms. The summed E-state index contributed by atoms with van der Waals surface area (Å²) in [4.78, 5) is 24.0. The van der Waals surface area contributed by atoms with E-state index < -0.39 is 0 Å². The van der Waals surface area contributed by atoms with Gasteiger partial charge >= 0.3 is 0 Å². The average molecular weight is 481 g/mol. The van der Waals surface area contributed by atoms with Crippen LogP contribution in [-0.4, -0.2) is 56.6 Å². The van der Waals surface area contributed by atoms with Crippen molar-refractivity contribution in [2.45, 2.75) is 26.0 Å². The summed E-state index contributed by atoms with van der Waals surface area (Å²) in [5.41, 5.74) is 2.51. The zero-order chi connectivity index (χ0) is 24.1. The van der Waals surface area contributed by atoms with Crippen LogP contribution in [0.3, 0.4) is 0 Å². The van der Waals surface area contributed by atoms with Crippen molar-refractivity contribution in [2.75, 3.05) is 45.7 Å². The van der Waals surface area contributed by atoms with E-state index in [2.05, 4.69) is 34.3 Å². The number of hydrogen-bond donors (Lipinski definition) is 1. The van der Waals surface area contributed by atoms with Gasteiger partial charge < -0.3 is 24.6 Å². The molecule has 1 aromatic carbocycles. The van der Waals surface area contributed by atoms with E-state index in [0.29, 0.717) is 24.5 Å². The van der Waals surface area contributed by atoms with Crippen molar-refractivity contribution in [2.24, 2.45) is 0 Å². The van der Waals surface area contributed by atoms with Gasteiger partial charge in [0, 0.05) is 55.1 Å². The normalized spacial score (nSPS) is 14.5. The van der Waals surface area contributed by atoms with Gasteiger partial charge in [0.1, 0.15) is 11.9 Å². The van der Waals surface area contributed by atoms with E-state index in [1.165, 1.54) is 9.75 Å². The van der Waals surface area contributed by atoms with Crippen LogP contribution in [0.25, 0.3) is 0 Å². The predicted molar refractivity (Wildman–Crippen MR) is 136 cm³/mol. The topological polar surface area (TPSA) is 66.9 Å². The third-order valence-electron chi connectivity index (χ3n) is 6.01. The van der Waals surface area contributed by atoms with Gasteiger partial charge in [-0.3, -0.25) is 4.79 Å². The van der Waals surface area contributed by atoms with Crippen molar-refractivity contribution in [3.05, 3.63) is 69.5 Å². The Morgan fingerprint density at radius 2 is 1.97 bits per heavy atom. The molecule has 0 fully saturated rings. The zero-order valence-electron chi connectivity index (χ0n) is 20.2.